The van der Waals surface area contributed by atoms with Crippen LogP contribution in [0.4, 0.5) is 4.39 Å². The van der Waals surface area contributed by atoms with E-state index in [-0.39, 0.29) is 6.61 Å². The molecule has 0 rings (SSSR count). The normalized spacial score (nSPS) is 7.40. The Labute approximate surface area is 58.7 Å². The number of rotatable bonds is 2. The highest BCUT2D eigenvalue weighted by atomic mass is 19.1. The van der Waals surface area contributed by atoms with Gasteiger partial charge in [0.2, 0.25) is 5.83 Å². The Balaban J connectivity index is 3.57. The summed E-state index contributed by atoms with van der Waals surface area (Å²) in [5.41, 5.74) is 0. The first-order valence-corrected chi connectivity index (χ1v) is 2.59. The van der Waals surface area contributed by atoms with Gasteiger partial charge >= 0.3 is 5.97 Å². The van der Waals surface area contributed by atoms with E-state index in [1.807, 2.05) is 0 Å². The van der Waals surface area contributed by atoms with Crippen LogP contribution in [-0.2, 0) is 9.53 Å². The van der Waals surface area contributed by atoms with E-state index in [0.29, 0.717) is 0 Å². The summed E-state index contributed by atoms with van der Waals surface area (Å²) >= 11 is 0. The third-order valence-corrected chi connectivity index (χ3v) is 0.674. The van der Waals surface area contributed by atoms with Gasteiger partial charge in [0, 0.05) is 0 Å². The summed E-state index contributed by atoms with van der Waals surface area (Å²) in [7, 11) is 0. The van der Waals surface area contributed by atoms with Gasteiger partial charge in [-0.15, -0.1) is 5.92 Å². The maximum atomic E-state index is 11.8. The Bertz CT molecular complexity index is 197. The quantitative estimate of drug-likeness (QED) is 0.327. The third kappa shape index (κ3) is 3.67. The van der Waals surface area contributed by atoms with Gasteiger partial charge in [0.1, 0.15) is 0 Å². The Morgan fingerprint density at radius 2 is 2.40 bits per heavy atom. The molecule has 0 aromatic carbocycles. The van der Waals surface area contributed by atoms with Gasteiger partial charge in [0.15, 0.2) is 6.61 Å². The molecule has 0 heterocycles. The maximum Gasteiger partial charge on any atom is 0.367 e. The van der Waals surface area contributed by atoms with Gasteiger partial charge in [-0.1, -0.05) is 12.5 Å². The molecule has 0 saturated carbocycles. The highest BCUT2D eigenvalue weighted by Crippen LogP contribution is 1.93. The average molecular weight is 142 g/mol. The largest absolute Gasteiger partial charge is 0.447 e. The zero-order valence-electron chi connectivity index (χ0n) is 5.61. The number of esters is 1. The fourth-order valence-electron chi connectivity index (χ4n) is 0.252. The van der Waals surface area contributed by atoms with Crippen molar-refractivity contribution in [2.45, 2.75) is 6.92 Å². The molecule has 0 aliphatic carbocycles. The highest BCUT2D eigenvalue weighted by molar-refractivity contribution is 5.85. The predicted octanol–water partition coefficient (Wildman–Crippen LogP) is 1.04. The molecular formula is C7H7FO2. The summed E-state index contributed by atoms with van der Waals surface area (Å²) in [6.07, 6.45) is 0. The Kier molecular flexibility index (Phi) is 3.97. The van der Waals surface area contributed by atoms with Crippen LogP contribution in [0.3, 0.4) is 0 Å². The molecule has 0 radical (unpaired) electrons. The second kappa shape index (κ2) is 4.57. The zero-order chi connectivity index (χ0) is 7.98. The van der Waals surface area contributed by atoms with E-state index < -0.39 is 11.8 Å². The van der Waals surface area contributed by atoms with Gasteiger partial charge in [-0.3, -0.25) is 0 Å². The number of ether oxygens (including phenoxy) is 1. The van der Waals surface area contributed by atoms with Gasteiger partial charge in [-0.25, -0.2) is 4.79 Å². The van der Waals surface area contributed by atoms with Crippen molar-refractivity contribution in [2.75, 3.05) is 6.61 Å². The Hall–Kier alpha value is -1.30. The van der Waals surface area contributed by atoms with E-state index >= 15 is 0 Å². The number of halogens is 1. The molecule has 3 heteroatoms. The van der Waals surface area contributed by atoms with Crippen LogP contribution in [0, 0.1) is 11.8 Å². The minimum Gasteiger partial charge on any atom is -0.447 e. The molecule has 0 aromatic heterocycles. The third-order valence-electron chi connectivity index (χ3n) is 0.674. The van der Waals surface area contributed by atoms with E-state index in [2.05, 4.69) is 23.2 Å². The van der Waals surface area contributed by atoms with Crippen molar-refractivity contribution in [2.24, 2.45) is 0 Å². The molecule has 2 nitrogen and oxygen atoms in total. The van der Waals surface area contributed by atoms with Crippen molar-refractivity contribution >= 4 is 5.97 Å². The molecule has 54 valence electrons. The van der Waals surface area contributed by atoms with Crippen molar-refractivity contribution in [3.05, 3.63) is 12.4 Å². The van der Waals surface area contributed by atoms with Gasteiger partial charge in [-0.2, -0.15) is 4.39 Å². The minimum atomic E-state index is -1.10. The van der Waals surface area contributed by atoms with Crippen molar-refractivity contribution < 1.29 is 13.9 Å². The fraction of sp³-hybridized carbons (Fsp3) is 0.286. The molecule has 0 aliphatic heterocycles. The highest BCUT2D eigenvalue weighted by Gasteiger charge is 2.04. The van der Waals surface area contributed by atoms with Crippen LogP contribution in [0.15, 0.2) is 12.4 Å². The summed E-state index contributed by atoms with van der Waals surface area (Å²) in [4.78, 5) is 10.3. The number of hydrogen-bond acceptors (Lipinski definition) is 2. The van der Waals surface area contributed by atoms with Crippen LogP contribution >= 0.6 is 0 Å². The van der Waals surface area contributed by atoms with Gasteiger partial charge < -0.3 is 4.74 Å². The first-order chi connectivity index (χ1) is 4.68. The van der Waals surface area contributed by atoms with Gasteiger partial charge in [-0.05, 0) is 6.92 Å². The van der Waals surface area contributed by atoms with E-state index in [1.165, 1.54) is 0 Å². The standard InChI is InChI=1S/C7H7FO2/c1-3-4-5-10-7(9)6(2)8/h2,5H2,1H3. The second-order valence-corrected chi connectivity index (χ2v) is 1.41. The van der Waals surface area contributed by atoms with E-state index in [0.717, 1.165) is 0 Å². The lowest BCUT2D eigenvalue weighted by Gasteiger charge is -1.94. The number of carbonyl (C=O) groups is 1. The summed E-state index contributed by atoms with van der Waals surface area (Å²) < 4.78 is 16.1. The van der Waals surface area contributed by atoms with E-state index in [1.54, 1.807) is 6.92 Å². The van der Waals surface area contributed by atoms with Crippen molar-refractivity contribution in [1.29, 1.82) is 0 Å². The summed E-state index contributed by atoms with van der Waals surface area (Å²) in [6, 6.07) is 0. The van der Waals surface area contributed by atoms with E-state index in [9.17, 15) is 9.18 Å². The number of carbonyl (C=O) groups excluding carboxylic acids is 1. The van der Waals surface area contributed by atoms with E-state index in [4.69, 9.17) is 0 Å². The zero-order valence-corrected chi connectivity index (χ0v) is 5.61. The lowest BCUT2D eigenvalue weighted by molar-refractivity contribution is -0.139. The van der Waals surface area contributed by atoms with Crippen LogP contribution in [0.25, 0.3) is 0 Å². The second-order valence-electron chi connectivity index (χ2n) is 1.41. The summed E-state index contributed by atoms with van der Waals surface area (Å²) in [5.74, 6) is 2.76. The molecule has 0 spiro atoms. The molecule has 0 atom stereocenters. The van der Waals surface area contributed by atoms with Crippen molar-refractivity contribution in [3.8, 4) is 11.8 Å². The average Bonchev–Trinajstić information content (AvgIpc) is 1.88. The van der Waals surface area contributed by atoms with Gasteiger partial charge in [0.25, 0.3) is 0 Å². The van der Waals surface area contributed by atoms with Crippen LogP contribution in [0.2, 0.25) is 0 Å². The maximum absolute atomic E-state index is 11.8. The molecule has 10 heavy (non-hydrogen) atoms. The first kappa shape index (κ1) is 8.70. The summed E-state index contributed by atoms with van der Waals surface area (Å²) in [5, 5.41) is 0. The fourth-order valence-corrected chi connectivity index (χ4v) is 0.252. The molecule has 0 aliphatic rings. The lowest BCUT2D eigenvalue weighted by Crippen LogP contribution is -2.03. The lowest BCUT2D eigenvalue weighted by atomic mass is 10.6. The van der Waals surface area contributed by atoms with Crippen LogP contribution in [0.1, 0.15) is 6.92 Å². The smallest absolute Gasteiger partial charge is 0.367 e. The van der Waals surface area contributed by atoms with Crippen LogP contribution < -0.4 is 0 Å². The summed E-state index contributed by atoms with van der Waals surface area (Å²) in [6.45, 7) is 4.25. The molecule has 0 fully saturated rings. The molecular weight excluding hydrogens is 135 g/mol. The molecule has 0 amide bonds. The molecule has 0 N–H and O–H groups in total. The van der Waals surface area contributed by atoms with Crippen LogP contribution in [0.5, 0.6) is 0 Å². The Morgan fingerprint density at radius 1 is 1.80 bits per heavy atom. The van der Waals surface area contributed by atoms with Crippen molar-refractivity contribution in [1.82, 2.24) is 0 Å². The first-order valence-electron chi connectivity index (χ1n) is 2.59. The topological polar surface area (TPSA) is 26.3 Å². The van der Waals surface area contributed by atoms with Crippen LogP contribution in [-0.4, -0.2) is 12.6 Å². The Morgan fingerprint density at radius 3 is 2.80 bits per heavy atom. The monoisotopic (exact) mass is 142 g/mol. The number of hydrogen-bond donors (Lipinski definition) is 0. The van der Waals surface area contributed by atoms with Gasteiger partial charge in [0.05, 0.1) is 0 Å². The molecule has 0 aromatic rings. The molecule has 0 bridgehead atoms. The SMILES string of the molecule is C=C(F)C(=O)OCC#CC. The molecule has 0 saturated heterocycles. The molecule has 0 unspecified atom stereocenters. The predicted molar refractivity (Wildman–Crippen MR) is 34.7 cm³/mol. The minimum absolute atomic E-state index is 0.0850. The van der Waals surface area contributed by atoms with Crippen molar-refractivity contribution in [3.63, 3.8) is 0 Å².